The molecule has 3 saturated carbocycles. The van der Waals surface area contributed by atoms with Crippen molar-refractivity contribution in [2.45, 2.75) is 49.7 Å². The minimum absolute atomic E-state index is 0.177. The first-order chi connectivity index (χ1) is 9.41. The van der Waals surface area contributed by atoms with Crippen molar-refractivity contribution >= 4 is 27.7 Å². The zero-order valence-electron chi connectivity index (χ0n) is 11.2. The largest absolute Gasteiger partial charge is 0.390 e. The number of hydrogen-bond acceptors (Lipinski definition) is 4. The highest BCUT2D eigenvalue weighted by molar-refractivity contribution is 9.10. The van der Waals surface area contributed by atoms with Crippen LogP contribution in [0.5, 0.6) is 0 Å². The molecule has 0 saturated heterocycles. The SMILES string of the molecule is Nc1ncc(Br)cc1C(=O)NC12CCC(O)(CC1)CC2. The van der Waals surface area contributed by atoms with Crippen LogP contribution >= 0.6 is 15.9 Å². The molecule has 1 amide bonds. The number of anilines is 1. The van der Waals surface area contributed by atoms with Crippen molar-refractivity contribution in [1.29, 1.82) is 0 Å². The van der Waals surface area contributed by atoms with Gasteiger partial charge >= 0.3 is 0 Å². The van der Waals surface area contributed by atoms with Crippen LogP contribution in [0.3, 0.4) is 0 Å². The minimum Gasteiger partial charge on any atom is -0.390 e. The fraction of sp³-hybridized carbons (Fsp3) is 0.571. The molecule has 4 rings (SSSR count). The van der Waals surface area contributed by atoms with E-state index < -0.39 is 5.60 Å². The zero-order chi connectivity index (χ0) is 14.4. The van der Waals surface area contributed by atoms with E-state index in [0.29, 0.717) is 5.56 Å². The summed E-state index contributed by atoms with van der Waals surface area (Å²) in [5, 5.41) is 13.3. The minimum atomic E-state index is -0.497. The second-order valence-corrected chi connectivity index (χ2v) is 6.96. The van der Waals surface area contributed by atoms with Gasteiger partial charge in [0.2, 0.25) is 0 Å². The fourth-order valence-electron chi connectivity index (χ4n) is 3.29. The number of nitrogens with two attached hydrogens (primary N) is 1. The summed E-state index contributed by atoms with van der Waals surface area (Å²) in [7, 11) is 0. The Bertz CT molecular complexity index is 537. The van der Waals surface area contributed by atoms with Crippen molar-refractivity contribution < 1.29 is 9.90 Å². The molecule has 20 heavy (non-hydrogen) atoms. The van der Waals surface area contributed by atoms with Crippen molar-refractivity contribution in [3.63, 3.8) is 0 Å². The van der Waals surface area contributed by atoms with E-state index in [1.54, 1.807) is 12.3 Å². The lowest BCUT2D eigenvalue weighted by Gasteiger charge is -2.51. The molecule has 0 aliphatic heterocycles. The van der Waals surface area contributed by atoms with Crippen LogP contribution in [0.15, 0.2) is 16.7 Å². The van der Waals surface area contributed by atoms with Gasteiger partial charge in [0.1, 0.15) is 5.82 Å². The number of aliphatic hydroxyl groups is 1. The van der Waals surface area contributed by atoms with Gasteiger partial charge in [0.05, 0.1) is 11.2 Å². The summed E-state index contributed by atoms with van der Waals surface area (Å²) in [6.45, 7) is 0. The summed E-state index contributed by atoms with van der Waals surface area (Å²) < 4.78 is 0.732. The third kappa shape index (κ3) is 2.42. The summed E-state index contributed by atoms with van der Waals surface area (Å²) >= 11 is 3.30. The van der Waals surface area contributed by atoms with Gasteiger partial charge in [-0.2, -0.15) is 0 Å². The van der Waals surface area contributed by atoms with Crippen molar-refractivity contribution in [1.82, 2.24) is 10.3 Å². The first kappa shape index (κ1) is 13.8. The van der Waals surface area contributed by atoms with Crippen molar-refractivity contribution in [3.05, 3.63) is 22.3 Å². The number of halogens is 1. The van der Waals surface area contributed by atoms with E-state index in [9.17, 15) is 9.90 Å². The second kappa shape index (κ2) is 4.70. The maximum Gasteiger partial charge on any atom is 0.255 e. The third-order valence-electron chi connectivity index (χ3n) is 4.72. The Balaban J connectivity index is 1.78. The van der Waals surface area contributed by atoms with Crippen LogP contribution in [-0.4, -0.2) is 27.1 Å². The van der Waals surface area contributed by atoms with Crippen LogP contribution in [0.1, 0.15) is 48.9 Å². The molecule has 1 aromatic heterocycles. The van der Waals surface area contributed by atoms with Crippen LogP contribution < -0.4 is 11.1 Å². The molecular formula is C14H18BrN3O2. The van der Waals surface area contributed by atoms with Gasteiger partial charge in [0.15, 0.2) is 0 Å². The topological polar surface area (TPSA) is 88.2 Å². The number of nitrogens with zero attached hydrogens (tertiary/aromatic N) is 1. The molecule has 3 aliphatic rings. The number of pyridine rings is 1. The molecule has 2 bridgehead atoms. The summed E-state index contributed by atoms with van der Waals surface area (Å²) in [6.07, 6.45) is 6.36. The number of fused-ring (bicyclic) bond motifs is 3. The van der Waals surface area contributed by atoms with Gasteiger partial charge < -0.3 is 16.2 Å². The van der Waals surface area contributed by atoms with Gasteiger partial charge in [-0.15, -0.1) is 0 Å². The highest BCUT2D eigenvalue weighted by atomic mass is 79.9. The average molecular weight is 340 g/mol. The molecule has 0 radical (unpaired) electrons. The van der Waals surface area contributed by atoms with E-state index in [-0.39, 0.29) is 17.3 Å². The number of hydrogen-bond donors (Lipinski definition) is 3. The van der Waals surface area contributed by atoms with Gasteiger partial charge in [0.25, 0.3) is 5.91 Å². The van der Waals surface area contributed by atoms with E-state index in [1.165, 1.54) is 0 Å². The molecule has 4 N–H and O–H groups in total. The van der Waals surface area contributed by atoms with E-state index in [2.05, 4.69) is 26.2 Å². The van der Waals surface area contributed by atoms with Gasteiger partial charge in [-0.3, -0.25) is 4.79 Å². The van der Waals surface area contributed by atoms with Crippen LogP contribution in [0.25, 0.3) is 0 Å². The highest BCUT2D eigenvalue weighted by Gasteiger charge is 2.48. The van der Waals surface area contributed by atoms with Gasteiger partial charge in [-0.1, -0.05) is 0 Å². The molecule has 5 nitrogen and oxygen atoms in total. The monoisotopic (exact) mass is 339 g/mol. The van der Waals surface area contributed by atoms with Gasteiger partial charge in [-0.05, 0) is 60.5 Å². The summed E-state index contributed by atoms with van der Waals surface area (Å²) in [5.74, 6) is 0.0638. The van der Waals surface area contributed by atoms with Crippen LogP contribution in [0.4, 0.5) is 5.82 Å². The van der Waals surface area contributed by atoms with Gasteiger partial charge in [0, 0.05) is 16.2 Å². The van der Waals surface area contributed by atoms with E-state index >= 15 is 0 Å². The molecular weight excluding hydrogens is 322 g/mol. The molecule has 108 valence electrons. The van der Waals surface area contributed by atoms with Crippen molar-refractivity contribution in [2.75, 3.05) is 5.73 Å². The number of rotatable bonds is 2. The number of nitrogens with one attached hydrogen (secondary N) is 1. The van der Waals surface area contributed by atoms with Crippen LogP contribution in [0, 0.1) is 0 Å². The highest BCUT2D eigenvalue weighted by Crippen LogP contribution is 2.46. The Labute approximate surface area is 126 Å². The molecule has 0 aromatic carbocycles. The number of amides is 1. The molecule has 1 heterocycles. The number of aromatic nitrogens is 1. The Morgan fingerprint density at radius 2 is 1.90 bits per heavy atom. The third-order valence-corrected chi connectivity index (χ3v) is 5.15. The smallest absolute Gasteiger partial charge is 0.255 e. The van der Waals surface area contributed by atoms with Crippen LogP contribution in [0.2, 0.25) is 0 Å². The van der Waals surface area contributed by atoms with E-state index in [4.69, 9.17) is 5.73 Å². The molecule has 0 spiro atoms. The van der Waals surface area contributed by atoms with E-state index in [1.807, 2.05) is 0 Å². The lowest BCUT2D eigenvalue weighted by Crippen LogP contribution is -2.58. The van der Waals surface area contributed by atoms with Crippen molar-refractivity contribution in [2.24, 2.45) is 0 Å². The van der Waals surface area contributed by atoms with Crippen molar-refractivity contribution in [3.8, 4) is 0 Å². The Hall–Kier alpha value is -1.14. The summed E-state index contributed by atoms with van der Waals surface area (Å²) in [6, 6.07) is 1.69. The molecule has 3 fully saturated rings. The van der Waals surface area contributed by atoms with Crippen LogP contribution in [-0.2, 0) is 0 Å². The molecule has 0 atom stereocenters. The first-order valence-corrected chi connectivity index (χ1v) is 7.67. The standard InChI is InChI=1S/C14H18BrN3O2/c15-9-7-10(11(16)17-8-9)12(19)18-13-1-4-14(20,5-2-13)6-3-13/h7-8,20H,1-6H2,(H2,16,17)(H,18,19). The first-order valence-electron chi connectivity index (χ1n) is 6.87. The predicted octanol–water partition coefficient (Wildman–Crippen LogP) is 1.99. The number of carbonyl (C=O) groups excluding carboxylic acids is 1. The number of carbonyl (C=O) groups is 1. The molecule has 1 aromatic rings. The average Bonchev–Trinajstić information content (AvgIpc) is 2.43. The molecule has 6 heteroatoms. The maximum atomic E-state index is 12.4. The lowest BCUT2D eigenvalue weighted by atomic mass is 9.63. The zero-order valence-corrected chi connectivity index (χ0v) is 12.7. The predicted molar refractivity (Wildman–Crippen MR) is 79.2 cm³/mol. The molecule has 0 unspecified atom stereocenters. The number of nitrogen functional groups attached to an aromatic ring is 1. The Kier molecular flexibility index (Phi) is 3.25. The quantitative estimate of drug-likeness (QED) is 0.768. The Morgan fingerprint density at radius 1 is 1.30 bits per heavy atom. The molecule has 3 aliphatic carbocycles. The Morgan fingerprint density at radius 3 is 2.50 bits per heavy atom. The van der Waals surface area contributed by atoms with E-state index in [0.717, 1.165) is 43.0 Å². The summed E-state index contributed by atoms with van der Waals surface area (Å²) in [4.78, 5) is 16.4. The fourth-order valence-corrected chi connectivity index (χ4v) is 3.62. The maximum absolute atomic E-state index is 12.4. The van der Waals surface area contributed by atoms with Gasteiger partial charge in [-0.25, -0.2) is 4.98 Å². The second-order valence-electron chi connectivity index (χ2n) is 6.05. The summed E-state index contributed by atoms with van der Waals surface area (Å²) in [5.41, 5.74) is 5.50. The normalized spacial score (nSPS) is 32.1. The lowest BCUT2D eigenvalue weighted by molar-refractivity contribution is -0.0702.